The summed E-state index contributed by atoms with van der Waals surface area (Å²) in [7, 11) is -1.21. The van der Waals surface area contributed by atoms with Gasteiger partial charge in [-0.05, 0) is 51.6 Å². The Labute approximate surface area is 121 Å². The van der Waals surface area contributed by atoms with Crippen LogP contribution >= 0.6 is 0 Å². The molecular weight excluding hydrogens is 259 g/mol. The van der Waals surface area contributed by atoms with Crippen molar-refractivity contribution in [3.05, 3.63) is 0 Å². The molecule has 1 atom stereocenters. The Kier molecular flexibility index (Phi) is 8.14. The molecule has 0 aromatic heterocycles. The smallest absolute Gasteiger partial charge is 0.451 e. The zero-order valence-corrected chi connectivity index (χ0v) is 12.1. The van der Waals surface area contributed by atoms with E-state index in [9.17, 15) is 4.79 Å². The Balaban J connectivity index is 2.04. The van der Waals surface area contributed by atoms with Crippen LogP contribution in [-0.4, -0.2) is 58.8 Å². The van der Waals surface area contributed by atoms with E-state index in [0.29, 0.717) is 6.32 Å². The number of piperidine rings is 1. The van der Waals surface area contributed by atoms with Crippen molar-refractivity contribution in [2.75, 3.05) is 19.6 Å². The number of aliphatic carboxylic acids is 1. The van der Waals surface area contributed by atoms with Crippen LogP contribution in [-0.2, 0) is 4.79 Å². The molecular formula is C13H27BN2O4. The highest BCUT2D eigenvalue weighted by Gasteiger charge is 2.24. The summed E-state index contributed by atoms with van der Waals surface area (Å²) in [5, 5.41) is 26.4. The van der Waals surface area contributed by atoms with Gasteiger partial charge in [0.15, 0.2) is 0 Å². The molecule has 116 valence electrons. The molecule has 0 amide bonds. The maximum atomic E-state index is 10.8. The molecule has 0 aliphatic carbocycles. The molecule has 0 aromatic carbocycles. The van der Waals surface area contributed by atoms with Crippen LogP contribution in [0.25, 0.3) is 0 Å². The summed E-state index contributed by atoms with van der Waals surface area (Å²) in [5.41, 5.74) is 6.04. The number of nitrogens with two attached hydrogens (primary N) is 1. The molecule has 20 heavy (non-hydrogen) atoms. The first-order chi connectivity index (χ1) is 9.49. The summed E-state index contributed by atoms with van der Waals surface area (Å²) in [5.74, 6) is -0.850. The Morgan fingerprint density at radius 2 is 1.90 bits per heavy atom. The molecule has 1 aliphatic heterocycles. The molecule has 0 bridgehead atoms. The lowest BCUT2D eigenvalue weighted by Gasteiger charge is -2.30. The van der Waals surface area contributed by atoms with E-state index in [4.69, 9.17) is 20.9 Å². The van der Waals surface area contributed by atoms with Gasteiger partial charge in [-0.25, -0.2) is 0 Å². The zero-order chi connectivity index (χ0) is 15.0. The fourth-order valence-corrected chi connectivity index (χ4v) is 2.63. The third kappa shape index (κ3) is 7.24. The maximum absolute atomic E-state index is 10.8. The molecule has 1 aliphatic rings. The van der Waals surface area contributed by atoms with Crippen molar-refractivity contribution in [1.82, 2.24) is 4.90 Å². The quantitative estimate of drug-likeness (QED) is 0.355. The molecule has 0 aromatic rings. The number of likely N-dealkylation sites (tertiary alicyclic amines) is 1. The largest absolute Gasteiger partial charge is 0.481 e. The average molecular weight is 286 g/mol. The van der Waals surface area contributed by atoms with Crippen molar-refractivity contribution in [2.45, 2.75) is 50.9 Å². The summed E-state index contributed by atoms with van der Waals surface area (Å²) in [6.45, 7) is 2.62. The first kappa shape index (κ1) is 17.4. The van der Waals surface area contributed by atoms with Crippen molar-refractivity contribution in [1.29, 1.82) is 0 Å². The van der Waals surface area contributed by atoms with Crippen LogP contribution in [0.15, 0.2) is 0 Å². The van der Waals surface area contributed by atoms with Gasteiger partial charge in [-0.1, -0.05) is 12.8 Å². The molecule has 6 nitrogen and oxygen atoms in total. The summed E-state index contributed by atoms with van der Waals surface area (Å²) in [6, 6.07) is 0.142. The number of hydrogen-bond acceptors (Lipinski definition) is 5. The van der Waals surface area contributed by atoms with Gasteiger partial charge in [-0.2, -0.15) is 0 Å². The van der Waals surface area contributed by atoms with Crippen LogP contribution in [0.1, 0.15) is 38.5 Å². The highest BCUT2D eigenvalue weighted by Crippen LogP contribution is 2.17. The van der Waals surface area contributed by atoms with Crippen LogP contribution < -0.4 is 5.73 Å². The van der Waals surface area contributed by atoms with Crippen molar-refractivity contribution in [3.63, 3.8) is 0 Å². The van der Waals surface area contributed by atoms with Crippen molar-refractivity contribution >= 4 is 13.1 Å². The van der Waals surface area contributed by atoms with Gasteiger partial charge >= 0.3 is 13.1 Å². The molecule has 0 radical (unpaired) electrons. The van der Waals surface area contributed by atoms with Crippen LogP contribution in [0.2, 0.25) is 6.32 Å². The van der Waals surface area contributed by atoms with Crippen molar-refractivity contribution in [2.24, 2.45) is 11.7 Å². The van der Waals surface area contributed by atoms with Gasteiger partial charge in [-0.15, -0.1) is 0 Å². The number of rotatable bonds is 9. The number of carboxylic acid groups (broad SMARTS) is 1. The van der Waals surface area contributed by atoms with Crippen LogP contribution in [0, 0.1) is 5.92 Å². The summed E-state index contributed by atoms with van der Waals surface area (Å²) >= 11 is 0. The van der Waals surface area contributed by atoms with E-state index in [1.54, 1.807) is 0 Å². The van der Waals surface area contributed by atoms with E-state index in [0.717, 1.165) is 58.2 Å². The van der Waals surface area contributed by atoms with E-state index >= 15 is 0 Å². The zero-order valence-electron chi connectivity index (χ0n) is 12.1. The van der Waals surface area contributed by atoms with Crippen LogP contribution in [0.3, 0.4) is 0 Å². The monoisotopic (exact) mass is 286 g/mol. The first-order valence-electron chi connectivity index (χ1n) is 7.56. The van der Waals surface area contributed by atoms with E-state index in [2.05, 4.69) is 4.90 Å². The lowest BCUT2D eigenvalue weighted by Crippen LogP contribution is -2.38. The molecule has 7 heteroatoms. The minimum atomic E-state index is -1.21. The Morgan fingerprint density at radius 3 is 2.45 bits per heavy atom. The number of unbranched alkanes of at least 4 members (excludes halogenated alkanes) is 1. The van der Waals surface area contributed by atoms with Gasteiger partial charge in [0.25, 0.3) is 0 Å². The van der Waals surface area contributed by atoms with Gasteiger partial charge in [0.1, 0.15) is 0 Å². The summed E-state index contributed by atoms with van der Waals surface area (Å²) < 4.78 is 0. The molecule has 1 fully saturated rings. The van der Waals surface area contributed by atoms with Gasteiger partial charge < -0.3 is 25.8 Å². The standard InChI is InChI=1S/C13H27BN2O4/c15-12(3-1-2-7-14(19)20)6-10-16-8-4-11(5-9-16)13(17)18/h11-12,19-20H,1-10,15H2,(H,17,18). The first-order valence-corrected chi connectivity index (χ1v) is 7.56. The predicted octanol–water partition coefficient (Wildman–Crippen LogP) is 0.143. The third-order valence-corrected chi connectivity index (χ3v) is 4.04. The minimum absolute atomic E-state index is 0.142. The van der Waals surface area contributed by atoms with Gasteiger partial charge in [0.05, 0.1) is 5.92 Å². The van der Waals surface area contributed by atoms with E-state index < -0.39 is 13.1 Å². The lowest BCUT2D eigenvalue weighted by molar-refractivity contribution is -0.143. The lowest BCUT2D eigenvalue weighted by atomic mass is 9.83. The van der Waals surface area contributed by atoms with Crippen molar-refractivity contribution in [3.8, 4) is 0 Å². The SMILES string of the molecule is NC(CCCCB(O)O)CCN1CCC(C(=O)O)CC1. The molecule has 1 saturated heterocycles. The maximum Gasteiger partial charge on any atom is 0.451 e. The van der Waals surface area contributed by atoms with Crippen molar-refractivity contribution < 1.29 is 19.9 Å². The van der Waals surface area contributed by atoms with E-state index in [1.807, 2.05) is 0 Å². The fraction of sp³-hybridized carbons (Fsp3) is 0.923. The predicted molar refractivity (Wildman–Crippen MR) is 78.2 cm³/mol. The molecule has 0 saturated carbocycles. The number of nitrogens with zero attached hydrogens (tertiary/aromatic N) is 1. The van der Waals surface area contributed by atoms with Gasteiger partial charge in [0, 0.05) is 6.04 Å². The number of carboxylic acids is 1. The van der Waals surface area contributed by atoms with Gasteiger partial charge in [-0.3, -0.25) is 4.79 Å². The topological polar surface area (TPSA) is 107 Å². The summed E-state index contributed by atoms with van der Waals surface area (Å²) in [6.07, 6.45) is 5.40. The van der Waals surface area contributed by atoms with E-state index in [-0.39, 0.29) is 12.0 Å². The Hall–Kier alpha value is -0.625. The summed E-state index contributed by atoms with van der Waals surface area (Å²) in [4.78, 5) is 13.1. The van der Waals surface area contributed by atoms with E-state index in [1.165, 1.54) is 0 Å². The average Bonchev–Trinajstić information content (AvgIpc) is 2.41. The molecule has 0 spiro atoms. The highest BCUT2D eigenvalue weighted by atomic mass is 16.4. The molecule has 1 unspecified atom stereocenters. The second-order valence-corrected chi connectivity index (χ2v) is 5.77. The number of hydrogen-bond donors (Lipinski definition) is 4. The highest BCUT2D eigenvalue weighted by molar-refractivity contribution is 6.40. The van der Waals surface area contributed by atoms with Crippen LogP contribution in [0.5, 0.6) is 0 Å². The molecule has 1 heterocycles. The second-order valence-electron chi connectivity index (χ2n) is 5.77. The number of carbonyl (C=O) groups is 1. The molecule has 1 rings (SSSR count). The minimum Gasteiger partial charge on any atom is -0.481 e. The third-order valence-electron chi connectivity index (χ3n) is 4.04. The Bertz CT molecular complexity index is 284. The molecule has 5 N–H and O–H groups in total. The van der Waals surface area contributed by atoms with Gasteiger partial charge in [0.2, 0.25) is 0 Å². The normalized spacial score (nSPS) is 18.9. The Morgan fingerprint density at radius 1 is 1.25 bits per heavy atom. The van der Waals surface area contributed by atoms with Crippen LogP contribution in [0.4, 0.5) is 0 Å². The fourth-order valence-electron chi connectivity index (χ4n) is 2.63. The second kappa shape index (κ2) is 9.34.